The fourth-order valence-electron chi connectivity index (χ4n) is 4.08. The largest absolute Gasteiger partial charge is 0.478 e. The number of fused-ring (bicyclic) bond motifs is 1. The number of rotatable bonds is 4. The molecule has 33 heavy (non-hydrogen) atoms. The minimum atomic E-state index is -0.697. The van der Waals surface area contributed by atoms with E-state index in [0.717, 1.165) is 31.7 Å². The molecule has 174 valence electrons. The van der Waals surface area contributed by atoms with Crippen molar-refractivity contribution in [1.29, 1.82) is 5.41 Å². The summed E-state index contributed by atoms with van der Waals surface area (Å²) in [5.74, 6) is -0.320. The first-order valence-electron chi connectivity index (χ1n) is 11.0. The monoisotopic (exact) mass is 453 g/mol. The molecular weight excluding hydrogens is 425 g/mol. The van der Waals surface area contributed by atoms with Crippen molar-refractivity contribution in [2.75, 3.05) is 43.4 Å². The Hall–Kier alpha value is -3.46. The molecule has 1 atom stereocenters. The van der Waals surface area contributed by atoms with Gasteiger partial charge >= 0.3 is 0 Å². The lowest BCUT2D eigenvalue weighted by Gasteiger charge is -2.37. The number of amides is 2. The topological polar surface area (TPSA) is 97.8 Å². The molecule has 3 N–H and O–H groups in total. The van der Waals surface area contributed by atoms with Crippen LogP contribution >= 0.6 is 0 Å². The molecule has 1 fully saturated rings. The van der Waals surface area contributed by atoms with Crippen molar-refractivity contribution in [3.8, 4) is 5.75 Å². The smallest absolute Gasteiger partial charge is 0.265 e. The third-order valence-electron chi connectivity index (χ3n) is 5.90. The molecule has 2 aliphatic rings. The third kappa shape index (κ3) is 5.31. The zero-order valence-corrected chi connectivity index (χ0v) is 18.8. The summed E-state index contributed by atoms with van der Waals surface area (Å²) in [6.45, 7) is 4.78. The standard InChI is InChI=1S/C24H28FN5O3/c1-15(26)27-23(31)16-3-6-19(7-4-16)28-24(32)21-8-5-17-13-18(25)14-20(22(17)33-21)30-11-9-29(2)10-12-30/h3-4,6-7,13-14,21H,5,8-12H2,1-2H3,(H,28,32)(H2,26,27,31). The molecule has 1 unspecified atom stereocenters. The highest BCUT2D eigenvalue weighted by molar-refractivity contribution is 6.05. The van der Waals surface area contributed by atoms with E-state index in [1.807, 2.05) is 0 Å². The van der Waals surface area contributed by atoms with Crippen LogP contribution in [-0.4, -0.2) is 61.9 Å². The van der Waals surface area contributed by atoms with Crippen molar-refractivity contribution in [1.82, 2.24) is 10.2 Å². The average Bonchev–Trinajstić information content (AvgIpc) is 2.78. The molecule has 2 aliphatic heterocycles. The Bertz CT molecular complexity index is 1060. The zero-order chi connectivity index (χ0) is 23.5. The second-order valence-electron chi connectivity index (χ2n) is 8.49. The van der Waals surface area contributed by atoms with E-state index < -0.39 is 6.10 Å². The molecule has 0 aromatic heterocycles. The average molecular weight is 454 g/mol. The molecule has 0 spiro atoms. The van der Waals surface area contributed by atoms with E-state index >= 15 is 0 Å². The van der Waals surface area contributed by atoms with Crippen LogP contribution in [0, 0.1) is 11.2 Å². The number of carbonyl (C=O) groups excluding carboxylic acids is 2. The van der Waals surface area contributed by atoms with Crippen molar-refractivity contribution in [3.63, 3.8) is 0 Å². The van der Waals surface area contributed by atoms with Gasteiger partial charge in [-0.1, -0.05) is 0 Å². The van der Waals surface area contributed by atoms with E-state index in [9.17, 15) is 14.0 Å². The van der Waals surface area contributed by atoms with Crippen molar-refractivity contribution in [2.24, 2.45) is 0 Å². The van der Waals surface area contributed by atoms with Gasteiger partial charge in [0.2, 0.25) is 0 Å². The van der Waals surface area contributed by atoms with Gasteiger partial charge in [0.25, 0.3) is 11.8 Å². The quantitative estimate of drug-likeness (QED) is 0.489. The Morgan fingerprint density at radius 3 is 2.48 bits per heavy atom. The van der Waals surface area contributed by atoms with Crippen LogP contribution in [0.25, 0.3) is 0 Å². The summed E-state index contributed by atoms with van der Waals surface area (Å²) in [4.78, 5) is 29.2. The van der Waals surface area contributed by atoms with Crippen molar-refractivity contribution in [2.45, 2.75) is 25.9 Å². The van der Waals surface area contributed by atoms with Gasteiger partial charge in [-0.15, -0.1) is 0 Å². The van der Waals surface area contributed by atoms with E-state index in [1.54, 1.807) is 24.3 Å². The number of amidine groups is 1. The van der Waals surface area contributed by atoms with Crippen LogP contribution in [0.15, 0.2) is 36.4 Å². The van der Waals surface area contributed by atoms with Gasteiger partial charge in [-0.25, -0.2) is 4.39 Å². The van der Waals surface area contributed by atoms with E-state index in [4.69, 9.17) is 10.1 Å². The van der Waals surface area contributed by atoms with Crippen LogP contribution in [0.1, 0.15) is 29.3 Å². The van der Waals surface area contributed by atoms with Crippen LogP contribution in [0.3, 0.4) is 0 Å². The molecule has 0 aliphatic carbocycles. The highest BCUT2D eigenvalue weighted by Gasteiger charge is 2.30. The van der Waals surface area contributed by atoms with Gasteiger partial charge in [0.15, 0.2) is 6.10 Å². The number of piperazine rings is 1. The number of anilines is 2. The van der Waals surface area contributed by atoms with E-state index in [1.165, 1.54) is 19.1 Å². The fraction of sp³-hybridized carbons (Fsp3) is 0.375. The van der Waals surface area contributed by atoms with Gasteiger partial charge in [0.1, 0.15) is 11.6 Å². The van der Waals surface area contributed by atoms with E-state index in [0.29, 0.717) is 35.5 Å². The summed E-state index contributed by atoms with van der Waals surface area (Å²) in [6, 6.07) is 9.41. The van der Waals surface area contributed by atoms with Crippen LogP contribution in [-0.2, 0) is 11.2 Å². The first kappa shape index (κ1) is 22.7. The Morgan fingerprint density at radius 2 is 1.82 bits per heavy atom. The molecule has 8 nitrogen and oxygen atoms in total. The summed E-state index contributed by atoms with van der Waals surface area (Å²) in [7, 11) is 2.06. The Balaban J connectivity index is 1.45. The Morgan fingerprint density at radius 1 is 1.12 bits per heavy atom. The number of hydrogen-bond donors (Lipinski definition) is 3. The number of halogens is 1. The van der Waals surface area contributed by atoms with Gasteiger partial charge in [-0.2, -0.15) is 0 Å². The third-order valence-corrected chi connectivity index (χ3v) is 5.90. The highest BCUT2D eigenvalue weighted by Crippen LogP contribution is 2.39. The minimum Gasteiger partial charge on any atom is -0.478 e. The summed E-state index contributed by atoms with van der Waals surface area (Å²) < 4.78 is 20.4. The lowest BCUT2D eigenvalue weighted by atomic mass is 9.99. The highest BCUT2D eigenvalue weighted by atomic mass is 19.1. The molecular formula is C24H28FN5O3. The summed E-state index contributed by atoms with van der Waals surface area (Å²) in [5.41, 5.74) is 2.41. The molecule has 9 heteroatoms. The van der Waals surface area contributed by atoms with Gasteiger partial charge < -0.3 is 25.2 Å². The molecule has 1 saturated heterocycles. The van der Waals surface area contributed by atoms with E-state index in [2.05, 4.69) is 27.5 Å². The van der Waals surface area contributed by atoms with Crippen molar-refractivity contribution >= 4 is 29.0 Å². The van der Waals surface area contributed by atoms with Crippen LogP contribution in [0.5, 0.6) is 5.75 Å². The minimum absolute atomic E-state index is 0.0583. The first-order valence-corrected chi connectivity index (χ1v) is 11.0. The normalized spacial score (nSPS) is 18.2. The lowest BCUT2D eigenvalue weighted by molar-refractivity contribution is -0.123. The fourth-order valence-corrected chi connectivity index (χ4v) is 4.08. The Kier molecular flexibility index (Phi) is 6.60. The molecule has 4 rings (SSSR count). The maximum atomic E-state index is 14.3. The number of aryl methyl sites for hydroxylation is 1. The van der Waals surface area contributed by atoms with Gasteiger partial charge in [-0.3, -0.25) is 15.0 Å². The summed E-state index contributed by atoms with van der Waals surface area (Å²) in [6.07, 6.45) is 0.301. The molecule has 2 heterocycles. The number of benzene rings is 2. The maximum Gasteiger partial charge on any atom is 0.265 e. The number of ether oxygens (including phenoxy) is 1. The van der Waals surface area contributed by atoms with E-state index in [-0.39, 0.29) is 23.5 Å². The summed E-state index contributed by atoms with van der Waals surface area (Å²) in [5, 5.41) is 12.6. The number of likely N-dealkylation sites (N-methyl/N-ethyl adjacent to an activating group) is 1. The predicted octanol–water partition coefficient (Wildman–Crippen LogP) is 2.64. The van der Waals surface area contributed by atoms with Gasteiger partial charge in [0.05, 0.1) is 11.5 Å². The number of carbonyl (C=O) groups is 2. The van der Waals surface area contributed by atoms with Crippen LogP contribution in [0.4, 0.5) is 15.8 Å². The van der Waals surface area contributed by atoms with Crippen LogP contribution in [0.2, 0.25) is 0 Å². The Labute approximate surface area is 192 Å². The van der Waals surface area contributed by atoms with Crippen molar-refractivity contribution < 1.29 is 18.7 Å². The number of nitrogens with one attached hydrogen (secondary N) is 3. The van der Waals surface area contributed by atoms with Crippen molar-refractivity contribution in [3.05, 3.63) is 53.3 Å². The maximum absolute atomic E-state index is 14.3. The lowest BCUT2D eigenvalue weighted by Crippen LogP contribution is -2.45. The SMILES string of the molecule is CC(=N)NC(=O)c1ccc(NC(=O)C2CCc3cc(F)cc(N4CCN(C)CC4)c3O2)cc1. The van der Waals surface area contributed by atoms with Gasteiger partial charge in [-0.05, 0) is 62.7 Å². The molecule has 2 aromatic carbocycles. The second kappa shape index (κ2) is 9.58. The number of nitrogens with zero attached hydrogens (tertiary/aromatic N) is 2. The van der Waals surface area contributed by atoms with Gasteiger partial charge in [0, 0.05) is 43.5 Å². The summed E-state index contributed by atoms with van der Waals surface area (Å²) >= 11 is 0. The molecule has 2 amide bonds. The van der Waals surface area contributed by atoms with Crippen LogP contribution < -0.4 is 20.3 Å². The number of hydrogen-bond acceptors (Lipinski definition) is 6. The molecule has 0 bridgehead atoms. The second-order valence-corrected chi connectivity index (χ2v) is 8.49. The first-order chi connectivity index (χ1) is 15.8. The predicted molar refractivity (Wildman–Crippen MR) is 125 cm³/mol. The molecule has 0 radical (unpaired) electrons. The molecule has 0 saturated carbocycles. The molecule has 2 aromatic rings. The zero-order valence-electron chi connectivity index (χ0n) is 18.8.